The molecule has 3 unspecified atom stereocenters. The standard InChI is InChI=1S/C27H32BrClN2O6/c1-4-6-9-13-36-26(35)20-21-24(33)31(16(3)15-32)23(27(21)14-17(28)22(20)37-27)25(34)30(12-5-2)19-11-8-7-10-18(19)29/h4-5,7-8,10-11,16-17,20-23,32H,1-2,6,9,12-15H2,3H3/t16-,17?,20+,21+,22+,23?,27?/m1/s1. The third-order valence-electron chi connectivity index (χ3n) is 7.49. The molecule has 3 fully saturated rings. The van der Waals surface area contributed by atoms with Crippen LogP contribution in [0.1, 0.15) is 26.2 Å². The molecule has 3 aliphatic heterocycles. The van der Waals surface area contributed by atoms with Gasteiger partial charge >= 0.3 is 5.97 Å². The average molecular weight is 596 g/mol. The summed E-state index contributed by atoms with van der Waals surface area (Å²) in [6, 6.07) is 5.17. The number of allylic oxidation sites excluding steroid dienone is 1. The van der Waals surface area contributed by atoms with Crippen molar-refractivity contribution in [1.82, 2.24) is 4.90 Å². The summed E-state index contributed by atoms with van der Waals surface area (Å²) in [5.74, 6) is -3.10. The fraction of sp³-hybridized carbons (Fsp3) is 0.519. The van der Waals surface area contributed by atoms with Crippen LogP contribution in [-0.2, 0) is 23.9 Å². The van der Waals surface area contributed by atoms with Crippen LogP contribution in [0.5, 0.6) is 0 Å². The van der Waals surface area contributed by atoms with Crippen LogP contribution in [0.3, 0.4) is 0 Å². The first-order valence-electron chi connectivity index (χ1n) is 12.4. The molecule has 1 aromatic rings. The Hall–Kier alpha value is -2.20. The molecule has 3 heterocycles. The number of esters is 1. The van der Waals surface area contributed by atoms with Gasteiger partial charge in [0.05, 0.1) is 47.9 Å². The summed E-state index contributed by atoms with van der Waals surface area (Å²) in [7, 11) is 0. The molecule has 2 amide bonds. The highest BCUT2D eigenvalue weighted by atomic mass is 79.9. The van der Waals surface area contributed by atoms with Crippen molar-refractivity contribution in [3.8, 4) is 0 Å². The molecule has 0 aromatic heterocycles. The van der Waals surface area contributed by atoms with Gasteiger partial charge in [-0.1, -0.05) is 51.8 Å². The van der Waals surface area contributed by atoms with Crippen molar-refractivity contribution in [2.24, 2.45) is 11.8 Å². The van der Waals surface area contributed by atoms with Crippen molar-refractivity contribution in [3.63, 3.8) is 0 Å². The normalized spacial score (nSPS) is 30.6. The molecule has 0 radical (unpaired) electrons. The zero-order chi connectivity index (χ0) is 26.9. The lowest BCUT2D eigenvalue weighted by Gasteiger charge is -2.38. The molecule has 37 heavy (non-hydrogen) atoms. The number of benzene rings is 1. The van der Waals surface area contributed by atoms with Crippen LogP contribution in [0, 0.1) is 11.8 Å². The number of likely N-dealkylation sites (tertiary alicyclic amines) is 1. The molecule has 0 saturated carbocycles. The highest BCUT2D eigenvalue weighted by Gasteiger charge is 2.77. The van der Waals surface area contributed by atoms with E-state index in [2.05, 4.69) is 29.1 Å². The summed E-state index contributed by atoms with van der Waals surface area (Å²) in [5, 5.41) is 10.4. The van der Waals surface area contributed by atoms with E-state index < -0.39 is 53.4 Å². The van der Waals surface area contributed by atoms with Gasteiger partial charge in [-0.05, 0) is 38.3 Å². The van der Waals surface area contributed by atoms with E-state index >= 15 is 0 Å². The number of amides is 2. The highest BCUT2D eigenvalue weighted by molar-refractivity contribution is 9.09. The number of fused-ring (bicyclic) bond motifs is 1. The van der Waals surface area contributed by atoms with Crippen LogP contribution in [0.15, 0.2) is 49.6 Å². The van der Waals surface area contributed by atoms with Gasteiger partial charge in [-0.2, -0.15) is 0 Å². The lowest BCUT2D eigenvalue weighted by Crippen LogP contribution is -2.58. The quantitative estimate of drug-likeness (QED) is 0.182. The van der Waals surface area contributed by atoms with E-state index in [1.165, 1.54) is 9.80 Å². The second-order valence-corrected chi connectivity index (χ2v) is 11.3. The van der Waals surface area contributed by atoms with E-state index in [0.717, 1.165) is 0 Å². The molecular formula is C27H32BrClN2O6. The number of carbonyl (C=O) groups excluding carboxylic acids is 3. The first kappa shape index (κ1) is 27.8. The van der Waals surface area contributed by atoms with E-state index in [4.69, 9.17) is 21.1 Å². The van der Waals surface area contributed by atoms with Crippen molar-refractivity contribution in [2.45, 2.75) is 54.8 Å². The number of para-hydroxylation sites is 1. The number of ether oxygens (including phenoxy) is 2. The van der Waals surface area contributed by atoms with Gasteiger partial charge in [-0.3, -0.25) is 14.4 Å². The van der Waals surface area contributed by atoms with Gasteiger partial charge in [0.2, 0.25) is 5.91 Å². The molecule has 0 aliphatic carbocycles. The third kappa shape index (κ3) is 4.64. The predicted molar refractivity (Wildman–Crippen MR) is 143 cm³/mol. The van der Waals surface area contributed by atoms with Crippen LogP contribution in [0.4, 0.5) is 5.69 Å². The van der Waals surface area contributed by atoms with Crippen molar-refractivity contribution < 1.29 is 29.0 Å². The van der Waals surface area contributed by atoms with Crippen molar-refractivity contribution in [1.29, 1.82) is 0 Å². The minimum absolute atomic E-state index is 0.144. The van der Waals surface area contributed by atoms with Crippen molar-refractivity contribution >= 4 is 51.0 Å². The Morgan fingerprint density at radius 2 is 2.11 bits per heavy atom. The molecule has 1 N–H and O–H groups in total. The minimum atomic E-state index is -1.26. The number of anilines is 1. The largest absolute Gasteiger partial charge is 0.465 e. The smallest absolute Gasteiger partial charge is 0.312 e. The maximum Gasteiger partial charge on any atom is 0.312 e. The molecule has 200 valence electrons. The number of rotatable bonds is 11. The van der Waals surface area contributed by atoms with E-state index in [1.807, 2.05) is 0 Å². The SMILES string of the molecule is C=CCCCOC(=O)[C@H]1[C@H]2C(=O)N([C@H](C)CO)C(C(=O)N(CC=C)c3ccccc3Cl)C23CC(Br)[C@@H]1O3. The third-order valence-corrected chi connectivity index (χ3v) is 8.65. The second-order valence-electron chi connectivity index (χ2n) is 9.73. The van der Waals surface area contributed by atoms with Crippen molar-refractivity contribution in [3.05, 3.63) is 54.6 Å². The Bertz CT molecular complexity index is 1080. The van der Waals surface area contributed by atoms with Crippen LogP contribution in [0.25, 0.3) is 0 Å². The maximum atomic E-state index is 14.3. The fourth-order valence-electron chi connectivity index (χ4n) is 5.93. The van der Waals surface area contributed by atoms with Crippen LogP contribution >= 0.6 is 27.5 Å². The number of carbonyl (C=O) groups is 3. The Labute approximate surface area is 230 Å². The van der Waals surface area contributed by atoms with E-state index in [0.29, 0.717) is 30.0 Å². The highest BCUT2D eigenvalue weighted by Crippen LogP contribution is 2.60. The zero-order valence-electron chi connectivity index (χ0n) is 20.7. The molecule has 10 heteroatoms. The summed E-state index contributed by atoms with van der Waals surface area (Å²) in [6.07, 6.45) is 4.39. The lowest BCUT2D eigenvalue weighted by atomic mass is 9.70. The second kappa shape index (κ2) is 11.3. The topological polar surface area (TPSA) is 96.4 Å². The Kier molecular flexibility index (Phi) is 8.48. The Morgan fingerprint density at radius 3 is 2.76 bits per heavy atom. The van der Waals surface area contributed by atoms with Crippen LogP contribution in [-0.4, -0.2) is 76.2 Å². The molecule has 1 spiro atoms. The van der Waals surface area contributed by atoms with Gasteiger partial charge in [0, 0.05) is 11.4 Å². The molecular weight excluding hydrogens is 564 g/mol. The monoisotopic (exact) mass is 594 g/mol. The van der Waals surface area contributed by atoms with Gasteiger partial charge in [0.1, 0.15) is 11.6 Å². The summed E-state index contributed by atoms with van der Waals surface area (Å²) < 4.78 is 12.0. The maximum absolute atomic E-state index is 14.3. The predicted octanol–water partition coefficient (Wildman–Crippen LogP) is 3.50. The number of halogens is 2. The summed E-state index contributed by atoms with van der Waals surface area (Å²) in [6.45, 7) is 9.12. The Morgan fingerprint density at radius 1 is 1.38 bits per heavy atom. The van der Waals surface area contributed by atoms with Gasteiger partial charge in [-0.15, -0.1) is 13.2 Å². The fourth-order valence-corrected chi connectivity index (χ4v) is 7.11. The molecule has 1 aromatic carbocycles. The number of aliphatic hydroxyl groups excluding tert-OH is 1. The summed E-state index contributed by atoms with van der Waals surface area (Å²) in [5.41, 5.74) is -0.791. The van der Waals surface area contributed by atoms with E-state index in [1.54, 1.807) is 43.3 Å². The van der Waals surface area contributed by atoms with Crippen LogP contribution in [0.2, 0.25) is 5.02 Å². The molecule has 3 saturated heterocycles. The lowest BCUT2D eigenvalue weighted by molar-refractivity contribution is -0.155. The van der Waals surface area contributed by atoms with Gasteiger partial charge in [0.25, 0.3) is 5.91 Å². The molecule has 2 bridgehead atoms. The molecule has 3 aliphatic rings. The number of hydrogen-bond acceptors (Lipinski definition) is 6. The van der Waals surface area contributed by atoms with Gasteiger partial charge < -0.3 is 24.4 Å². The summed E-state index contributed by atoms with van der Waals surface area (Å²) >= 11 is 10.1. The number of unbranched alkanes of at least 4 members (excludes halogenated alkanes) is 1. The number of nitrogens with zero attached hydrogens (tertiary/aromatic N) is 2. The van der Waals surface area contributed by atoms with Crippen molar-refractivity contribution in [2.75, 3.05) is 24.7 Å². The summed E-state index contributed by atoms with van der Waals surface area (Å²) in [4.78, 5) is 44.2. The van der Waals surface area contributed by atoms with Gasteiger partial charge in [-0.25, -0.2) is 0 Å². The van der Waals surface area contributed by atoms with E-state index in [9.17, 15) is 19.5 Å². The molecule has 7 atom stereocenters. The minimum Gasteiger partial charge on any atom is -0.465 e. The van der Waals surface area contributed by atoms with Gasteiger partial charge in [0.15, 0.2) is 0 Å². The Balaban J connectivity index is 1.75. The molecule has 4 rings (SSSR count). The first-order valence-corrected chi connectivity index (χ1v) is 13.7. The van der Waals surface area contributed by atoms with Crippen LogP contribution < -0.4 is 4.90 Å². The zero-order valence-corrected chi connectivity index (χ0v) is 23.1. The number of alkyl halides is 1. The molecule has 8 nitrogen and oxygen atoms in total. The van der Waals surface area contributed by atoms with E-state index in [-0.39, 0.29) is 24.6 Å². The number of aliphatic hydroxyl groups is 1. The first-order chi connectivity index (χ1) is 17.7. The average Bonchev–Trinajstić information content (AvgIpc) is 3.48. The number of hydrogen-bond donors (Lipinski definition) is 1.